The maximum absolute atomic E-state index is 11.5. The highest BCUT2D eigenvalue weighted by molar-refractivity contribution is 5.85. The van der Waals surface area contributed by atoms with Gasteiger partial charge in [-0.05, 0) is 63.3 Å². The SMILES string of the molecule is CC(C(c1ccc2cc(OCC(C)(C)C(N)=O)ccc2c1)c1ncc[nH]1)N(C)C. The molecule has 0 radical (unpaired) electrons. The lowest BCUT2D eigenvalue weighted by Crippen LogP contribution is -2.36. The van der Waals surface area contributed by atoms with E-state index in [1.165, 1.54) is 5.56 Å². The van der Waals surface area contributed by atoms with E-state index in [2.05, 4.69) is 54.1 Å². The summed E-state index contributed by atoms with van der Waals surface area (Å²) in [7, 11) is 4.16. The standard InChI is InChI=1S/C23H30N4O2/c1-15(27(4)5)20(21-25-10-11-26-21)18-7-6-17-13-19(9-8-16(17)12-18)29-14-23(2,3)22(24)28/h6-13,15,20H,14H2,1-5H3,(H2,24,28)(H,25,26). The number of nitrogens with one attached hydrogen (secondary N) is 1. The summed E-state index contributed by atoms with van der Waals surface area (Å²) in [6.45, 7) is 6.01. The van der Waals surface area contributed by atoms with Crippen LogP contribution in [0.5, 0.6) is 5.75 Å². The summed E-state index contributed by atoms with van der Waals surface area (Å²) in [4.78, 5) is 21.5. The number of rotatable bonds is 8. The number of imidazole rings is 1. The van der Waals surface area contributed by atoms with Crippen molar-refractivity contribution in [3.63, 3.8) is 0 Å². The number of aromatic amines is 1. The second-order valence-corrected chi connectivity index (χ2v) is 8.46. The topological polar surface area (TPSA) is 84.2 Å². The molecule has 0 aliphatic carbocycles. The van der Waals surface area contributed by atoms with Crippen molar-refractivity contribution in [3.8, 4) is 5.75 Å². The van der Waals surface area contributed by atoms with Crippen molar-refractivity contribution in [1.82, 2.24) is 14.9 Å². The summed E-state index contributed by atoms with van der Waals surface area (Å²) in [6, 6.07) is 12.7. The molecule has 0 bridgehead atoms. The van der Waals surface area contributed by atoms with Gasteiger partial charge in [-0.25, -0.2) is 4.98 Å². The molecule has 0 saturated carbocycles. The molecule has 29 heavy (non-hydrogen) atoms. The molecule has 154 valence electrons. The monoisotopic (exact) mass is 394 g/mol. The van der Waals surface area contributed by atoms with Crippen molar-refractivity contribution in [3.05, 3.63) is 60.2 Å². The third kappa shape index (κ3) is 4.59. The minimum Gasteiger partial charge on any atom is -0.492 e. The molecule has 1 aromatic heterocycles. The highest BCUT2D eigenvalue weighted by atomic mass is 16.5. The van der Waals surface area contributed by atoms with Crippen LogP contribution in [-0.4, -0.2) is 47.5 Å². The number of fused-ring (bicyclic) bond motifs is 1. The van der Waals surface area contributed by atoms with Crippen molar-refractivity contribution < 1.29 is 9.53 Å². The van der Waals surface area contributed by atoms with Gasteiger partial charge in [0.15, 0.2) is 0 Å². The number of benzene rings is 2. The molecule has 1 heterocycles. The van der Waals surface area contributed by atoms with Gasteiger partial charge in [-0.1, -0.05) is 24.3 Å². The molecule has 2 unspecified atom stereocenters. The Morgan fingerprint density at radius 1 is 1.21 bits per heavy atom. The molecular formula is C23H30N4O2. The molecule has 2 atom stereocenters. The molecular weight excluding hydrogens is 364 g/mol. The number of likely N-dealkylation sites (N-methyl/N-ethyl adjacent to an activating group) is 1. The van der Waals surface area contributed by atoms with Crippen LogP contribution in [-0.2, 0) is 4.79 Å². The largest absolute Gasteiger partial charge is 0.492 e. The number of nitrogens with zero attached hydrogens (tertiary/aromatic N) is 2. The number of H-pyrrole nitrogens is 1. The summed E-state index contributed by atoms with van der Waals surface area (Å²) >= 11 is 0. The number of aromatic nitrogens is 2. The Bertz CT molecular complexity index is 980. The fourth-order valence-electron chi connectivity index (χ4n) is 3.27. The van der Waals surface area contributed by atoms with Gasteiger partial charge in [0, 0.05) is 18.4 Å². The second-order valence-electron chi connectivity index (χ2n) is 8.46. The lowest BCUT2D eigenvalue weighted by molar-refractivity contribution is -0.127. The molecule has 0 spiro atoms. The number of carbonyl (C=O) groups excluding carboxylic acids is 1. The van der Waals surface area contributed by atoms with Crippen molar-refractivity contribution in [2.75, 3.05) is 20.7 Å². The van der Waals surface area contributed by atoms with E-state index in [0.29, 0.717) is 0 Å². The number of primary amides is 1. The third-order valence-corrected chi connectivity index (χ3v) is 5.57. The van der Waals surface area contributed by atoms with Crippen molar-refractivity contribution >= 4 is 16.7 Å². The van der Waals surface area contributed by atoms with Crippen LogP contribution < -0.4 is 10.5 Å². The van der Waals surface area contributed by atoms with Gasteiger partial charge in [0.25, 0.3) is 0 Å². The van der Waals surface area contributed by atoms with Crippen molar-refractivity contribution in [2.24, 2.45) is 11.1 Å². The van der Waals surface area contributed by atoms with Crippen molar-refractivity contribution in [1.29, 1.82) is 0 Å². The van der Waals surface area contributed by atoms with E-state index in [0.717, 1.165) is 22.3 Å². The van der Waals surface area contributed by atoms with E-state index >= 15 is 0 Å². The first-order chi connectivity index (χ1) is 13.7. The van der Waals surface area contributed by atoms with Gasteiger partial charge < -0.3 is 20.4 Å². The Morgan fingerprint density at radius 3 is 2.52 bits per heavy atom. The van der Waals surface area contributed by atoms with Gasteiger partial charge in [-0.15, -0.1) is 0 Å². The average Bonchev–Trinajstić information content (AvgIpc) is 3.20. The quantitative estimate of drug-likeness (QED) is 0.612. The van der Waals surface area contributed by atoms with Gasteiger partial charge in [0.05, 0.1) is 11.3 Å². The molecule has 0 aliphatic rings. The lowest BCUT2D eigenvalue weighted by Gasteiger charge is -2.28. The van der Waals surface area contributed by atoms with Crippen LogP contribution >= 0.6 is 0 Å². The molecule has 0 fully saturated rings. The van der Waals surface area contributed by atoms with E-state index in [-0.39, 0.29) is 24.5 Å². The molecule has 3 aromatic rings. The molecule has 0 saturated heterocycles. The minimum absolute atomic E-state index is 0.136. The van der Waals surface area contributed by atoms with Crippen LogP contribution in [0.1, 0.15) is 38.1 Å². The highest BCUT2D eigenvalue weighted by Gasteiger charge is 2.27. The summed E-state index contributed by atoms with van der Waals surface area (Å²) in [5, 5.41) is 2.21. The molecule has 2 aromatic carbocycles. The Hall–Kier alpha value is -2.86. The van der Waals surface area contributed by atoms with Gasteiger partial charge in [-0.3, -0.25) is 4.79 Å². The normalized spacial score (nSPS) is 14.1. The van der Waals surface area contributed by atoms with Crippen LogP contribution in [0.25, 0.3) is 10.8 Å². The number of nitrogens with two attached hydrogens (primary N) is 1. The highest BCUT2D eigenvalue weighted by Crippen LogP contribution is 2.31. The van der Waals surface area contributed by atoms with Crippen LogP contribution in [0, 0.1) is 5.41 Å². The zero-order valence-corrected chi connectivity index (χ0v) is 17.8. The van der Waals surface area contributed by atoms with E-state index in [1.54, 1.807) is 20.0 Å². The summed E-state index contributed by atoms with van der Waals surface area (Å²) in [6.07, 6.45) is 3.66. The molecule has 1 amide bonds. The van der Waals surface area contributed by atoms with Crippen LogP contribution in [0.2, 0.25) is 0 Å². The molecule has 3 N–H and O–H groups in total. The maximum atomic E-state index is 11.5. The fraction of sp³-hybridized carbons (Fsp3) is 0.391. The van der Waals surface area contributed by atoms with Gasteiger partial charge in [0.1, 0.15) is 18.2 Å². The summed E-state index contributed by atoms with van der Waals surface area (Å²) in [5.74, 6) is 1.45. The van der Waals surface area contributed by atoms with E-state index in [9.17, 15) is 4.79 Å². The van der Waals surface area contributed by atoms with Gasteiger partial charge in [0.2, 0.25) is 5.91 Å². The van der Waals surface area contributed by atoms with E-state index in [4.69, 9.17) is 10.5 Å². The minimum atomic E-state index is -0.711. The van der Waals surface area contributed by atoms with Crippen molar-refractivity contribution in [2.45, 2.75) is 32.7 Å². The van der Waals surface area contributed by atoms with Crippen LogP contribution in [0.15, 0.2) is 48.8 Å². The fourth-order valence-corrected chi connectivity index (χ4v) is 3.27. The third-order valence-electron chi connectivity index (χ3n) is 5.57. The first-order valence-corrected chi connectivity index (χ1v) is 9.81. The first kappa shape index (κ1) is 20.9. The average molecular weight is 395 g/mol. The lowest BCUT2D eigenvalue weighted by atomic mass is 9.89. The number of carbonyl (C=O) groups is 1. The number of hydrogen-bond acceptors (Lipinski definition) is 4. The Labute approximate surface area is 172 Å². The molecule has 6 nitrogen and oxygen atoms in total. The Balaban J connectivity index is 1.89. The number of amides is 1. The Kier molecular flexibility index (Phi) is 5.94. The van der Waals surface area contributed by atoms with Crippen LogP contribution in [0.3, 0.4) is 0 Å². The van der Waals surface area contributed by atoms with E-state index < -0.39 is 5.41 Å². The smallest absolute Gasteiger partial charge is 0.226 e. The van der Waals surface area contributed by atoms with Gasteiger partial charge >= 0.3 is 0 Å². The predicted molar refractivity (Wildman–Crippen MR) is 116 cm³/mol. The summed E-state index contributed by atoms with van der Waals surface area (Å²) in [5.41, 5.74) is 5.92. The number of ether oxygens (including phenoxy) is 1. The number of hydrogen-bond donors (Lipinski definition) is 2. The summed E-state index contributed by atoms with van der Waals surface area (Å²) < 4.78 is 5.82. The zero-order chi connectivity index (χ0) is 21.2. The second kappa shape index (κ2) is 8.25. The Morgan fingerprint density at radius 2 is 1.90 bits per heavy atom. The molecule has 0 aliphatic heterocycles. The molecule has 3 rings (SSSR count). The molecule has 6 heteroatoms. The van der Waals surface area contributed by atoms with Gasteiger partial charge in [-0.2, -0.15) is 0 Å². The zero-order valence-electron chi connectivity index (χ0n) is 17.8. The maximum Gasteiger partial charge on any atom is 0.226 e. The predicted octanol–water partition coefficient (Wildman–Crippen LogP) is 3.54. The first-order valence-electron chi connectivity index (χ1n) is 9.81. The van der Waals surface area contributed by atoms with Crippen LogP contribution in [0.4, 0.5) is 0 Å². The van der Waals surface area contributed by atoms with E-state index in [1.807, 2.05) is 24.4 Å².